The molecule has 0 fully saturated rings. The number of aliphatic hydroxyl groups is 1. The average Bonchev–Trinajstić information content (AvgIpc) is 3.21. The molecule has 61 heavy (non-hydrogen) atoms. The number of likely N-dealkylation sites (N-methyl/N-ethyl adjacent to an activating group) is 1. The van der Waals surface area contributed by atoms with Crippen LogP contribution in [0.25, 0.3) is 0 Å². The monoisotopic (exact) mass is 872 g/mol. The van der Waals surface area contributed by atoms with Gasteiger partial charge in [0.2, 0.25) is 0 Å². The van der Waals surface area contributed by atoms with E-state index >= 15 is 0 Å². The molecule has 0 rings (SSSR count). The Morgan fingerprint density at radius 2 is 1.07 bits per heavy atom. The quantitative estimate of drug-likeness (QED) is 0.0211. The fraction of sp³-hybridized carbons (Fsp3) is 0.600. The Kier molecular flexibility index (Phi) is 38.4. The highest BCUT2D eigenvalue weighted by Gasteiger charge is 2.21. The SMILES string of the molecule is CCCCC/C=C\C/C=C\C/C=C\C/C=C\C/C=C\CCC(=O)OC[C@H](COP(=O)([O-])OCC[N+](C)(C)C)OC(=O)CCC/C=C\C/C=C\C/C=C\C/C=C\[C@H](O)CCCC. The van der Waals surface area contributed by atoms with Gasteiger partial charge in [-0.3, -0.25) is 14.2 Å². The van der Waals surface area contributed by atoms with E-state index in [2.05, 4.69) is 86.8 Å². The molecule has 1 unspecified atom stereocenters. The number of aliphatic hydroxyl groups excluding tert-OH is 1. The molecule has 0 radical (unpaired) electrons. The summed E-state index contributed by atoms with van der Waals surface area (Å²) < 4.78 is 33.7. The number of carbonyl (C=O) groups excluding carboxylic acids is 2. The summed E-state index contributed by atoms with van der Waals surface area (Å²) in [6.45, 7) is 3.85. The zero-order chi connectivity index (χ0) is 45.1. The molecule has 0 heterocycles. The van der Waals surface area contributed by atoms with Crippen molar-refractivity contribution < 1.29 is 47.2 Å². The molecule has 11 heteroatoms. The highest BCUT2D eigenvalue weighted by Crippen LogP contribution is 2.38. The number of unbranched alkanes of at least 4 members (excludes halogenated alkanes) is 5. The molecule has 3 atom stereocenters. The minimum Gasteiger partial charge on any atom is -0.756 e. The number of esters is 2. The summed E-state index contributed by atoms with van der Waals surface area (Å²) in [5.74, 6) is -1.03. The minimum absolute atomic E-state index is 0.0659. The summed E-state index contributed by atoms with van der Waals surface area (Å²) in [6, 6.07) is 0. The number of quaternary nitrogens is 1. The number of rotatable bonds is 39. The average molecular weight is 872 g/mol. The molecular formula is C50H82NO9P. The smallest absolute Gasteiger partial charge is 0.306 e. The van der Waals surface area contributed by atoms with Crippen molar-refractivity contribution in [3.05, 3.63) is 109 Å². The first kappa shape index (κ1) is 57.6. The van der Waals surface area contributed by atoms with E-state index in [9.17, 15) is 24.2 Å². The van der Waals surface area contributed by atoms with Crippen LogP contribution in [0.5, 0.6) is 0 Å². The van der Waals surface area contributed by atoms with Crippen molar-refractivity contribution in [2.24, 2.45) is 0 Å². The molecule has 10 nitrogen and oxygen atoms in total. The van der Waals surface area contributed by atoms with Crippen LogP contribution >= 0.6 is 7.82 Å². The Morgan fingerprint density at radius 1 is 0.590 bits per heavy atom. The number of allylic oxidation sites excluding steroid dienone is 17. The minimum atomic E-state index is -4.68. The Bertz CT molecular complexity index is 1420. The Hall–Kier alpha value is -3.37. The molecule has 0 aliphatic rings. The lowest BCUT2D eigenvalue weighted by Crippen LogP contribution is -2.37. The molecule has 0 bridgehead atoms. The number of nitrogens with zero attached hydrogens (tertiary/aromatic N) is 1. The van der Waals surface area contributed by atoms with Gasteiger partial charge in [-0.15, -0.1) is 0 Å². The number of phosphoric ester groups is 1. The predicted octanol–water partition coefficient (Wildman–Crippen LogP) is 11.5. The standard InChI is InChI=1S/C50H82NO9P/c1-6-8-10-11-12-13-14-15-16-17-18-19-20-21-25-28-31-34-37-41-49(53)57-45-48(46-59-61(55,56)58-44-43-51(3,4)5)60-50(54)42-38-35-32-29-26-23-22-24-27-30-33-36-40-47(52)39-9-7-2/h12-13,15-16,18-19,21-23,25,27,29-32,34,36,40,47-48,52H,6-11,14,17,20,24,26,28,33,35,37-39,41-46H2,1-5H3/b13-12-,16-15-,19-18-,23-22-,25-21-,30-27-,32-29-,34-31-,40-36-/t47-,48-/m1/s1. The third-order valence-electron chi connectivity index (χ3n) is 8.85. The Labute approximate surface area is 370 Å². The summed E-state index contributed by atoms with van der Waals surface area (Å²) >= 11 is 0. The van der Waals surface area contributed by atoms with Crippen LogP contribution < -0.4 is 4.89 Å². The maximum Gasteiger partial charge on any atom is 0.306 e. The van der Waals surface area contributed by atoms with Crippen molar-refractivity contribution in [3.8, 4) is 0 Å². The second-order valence-electron chi connectivity index (χ2n) is 15.9. The fourth-order valence-corrected chi connectivity index (χ4v) is 5.96. The normalized spacial score (nSPS) is 15.1. The summed E-state index contributed by atoms with van der Waals surface area (Å²) in [4.78, 5) is 37.5. The number of hydrogen-bond acceptors (Lipinski definition) is 9. The lowest BCUT2D eigenvalue weighted by atomic mass is 10.1. The number of ether oxygens (including phenoxy) is 2. The lowest BCUT2D eigenvalue weighted by molar-refractivity contribution is -0.870. The predicted molar refractivity (Wildman–Crippen MR) is 251 cm³/mol. The third kappa shape index (κ3) is 44.5. The molecule has 0 aliphatic heterocycles. The van der Waals surface area contributed by atoms with Gasteiger partial charge < -0.3 is 33.0 Å². The summed E-state index contributed by atoms with van der Waals surface area (Å²) in [5.41, 5.74) is 0. The number of carbonyl (C=O) groups is 2. The second-order valence-corrected chi connectivity index (χ2v) is 17.3. The largest absolute Gasteiger partial charge is 0.756 e. The molecule has 0 aromatic heterocycles. The van der Waals surface area contributed by atoms with Crippen LogP contribution in [0.2, 0.25) is 0 Å². The van der Waals surface area contributed by atoms with Gasteiger partial charge in [-0.05, 0) is 83.5 Å². The Balaban J connectivity index is 4.61. The zero-order valence-electron chi connectivity index (χ0n) is 38.4. The van der Waals surface area contributed by atoms with E-state index in [1.165, 1.54) is 25.7 Å². The maximum atomic E-state index is 12.7. The van der Waals surface area contributed by atoms with Gasteiger partial charge in [-0.2, -0.15) is 0 Å². The molecule has 0 saturated carbocycles. The fourth-order valence-electron chi connectivity index (χ4n) is 5.23. The van der Waals surface area contributed by atoms with Crippen molar-refractivity contribution in [3.63, 3.8) is 0 Å². The van der Waals surface area contributed by atoms with Gasteiger partial charge in [0, 0.05) is 12.8 Å². The topological polar surface area (TPSA) is 131 Å². The van der Waals surface area contributed by atoms with E-state index in [0.29, 0.717) is 30.3 Å². The molecule has 0 amide bonds. The maximum absolute atomic E-state index is 12.7. The van der Waals surface area contributed by atoms with Crippen LogP contribution in [0.15, 0.2) is 109 Å². The number of hydrogen-bond donors (Lipinski definition) is 1. The molecule has 0 aromatic carbocycles. The van der Waals surface area contributed by atoms with Crippen LogP contribution in [-0.4, -0.2) is 81.2 Å². The number of phosphoric acid groups is 1. The van der Waals surface area contributed by atoms with Crippen molar-refractivity contribution in [2.45, 2.75) is 148 Å². The van der Waals surface area contributed by atoms with E-state index < -0.39 is 32.5 Å². The summed E-state index contributed by atoms with van der Waals surface area (Å²) in [7, 11) is 1.05. The molecule has 0 aliphatic carbocycles. The highest BCUT2D eigenvalue weighted by atomic mass is 31.2. The van der Waals surface area contributed by atoms with Gasteiger partial charge in [0.25, 0.3) is 7.82 Å². The second kappa shape index (κ2) is 40.7. The first-order valence-corrected chi connectivity index (χ1v) is 24.1. The molecule has 0 saturated heterocycles. The molecule has 0 aromatic rings. The van der Waals surface area contributed by atoms with Crippen LogP contribution in [0.3, 0.4) is 0 Å². The van der Waals surface area contributed by atoms with Gasteiger partial charge in [-0.1, -0.05) is 149 Å². The van der Waals surface area contributed by atoms with Gasteiger partial charge in [0.1, 0.15) is 19.8 Å². The van der Waals surface area contributed by atoms with E-state index in [1.54, 1.807) is 0 Å². The highest BCUT2D eigenvalue weighted by molar-refractivity contribution is 7.45. The molecular weight excluding hydrogens is 790 g/mol. The third-order valence-corrected chi connectivity index (χ3v) is 9.81. The summed E-state index contributed by atoms with van der Waals surface area (Å²) in [5, 5.41) is 9.83. The van der Waals surface area contributed by atoms with Gasteiger partial charge in [0.15, 0.2) is 6.10 Å². The molecule has 0 spiro atoms. The van der Waals surface area contributed by atoms with E-state index in [-0.39, 0.29) is 32.2 Å². The zero-order valence-corrected chi connectivity index (χ0v) is 39.3. The molecule has 1 N–H and O–H groups in total. The Morgan fingerprint density at radius 3 is 1.57 bits per heavy atom. The first-order chi connectivity index (χ1) is 29.4. The van der Waals surface area contributed by atoms with E-state index in [1.807, 2.05) is 57.6 Å². The van der Waals surface area contributed by atoms with Crippen LogP contribution in [0.4, 0.5) is 0 Å². The van der Waals surface area contributed by atoms with E-state index in [4.69, 9.17) is 18.5 Å². The van der Waals surface area contributed by atoms with Gasteiger partial charge in [0.05, 0.1) is 33.9 Å². The van der Waals surface area contributed by atoms with Crippen molar-refractivity contribution in [2.75, 3.05) is 47.5 Å². The van der Waals surface area contributed by atoms with Crippen LogP contribution in [-0.2, 0) is 32.7 Å². The van der Waals surface area contributed by atoms with E-state index in [0.717, 1.165) is 64.2 Å². The van der Waals surface area contributed by atoms with Crippen molar-refractivity contribution in [1.82, 2.24) is 0 Å². The van der Waals surface area contributed by atoms with Crippen molar-refractivity contribution in [1.29, 1.82) is 0 Å². The van der Waals surface area contributed by atoms with Crippen LogP contribution in [0, 0.1) is 0 Å². The van der Waals surface area contributed by atoms with Crippen molar-refractivity contribution >= 4 is 19.8 Å². The van der Waals surface area contributed by atoms with Gasteiger partial charge in [-0.25, -0.2) is 0 Å². The molecule has 346 valence electrons. The first-order valence-electron chi connectivity index (χ1n) is 22.7. The lowest BCUT2D eigenvalue weighted by Gasteiger charge is -2.28. The summed E-state index contributed by atoms with van der Waals surface area (Å²) in [6.07, 6.45) is 51.9. The van der Waals surface area contributed by atoms with Gasteiger partial charge >= 0.3 is 11.9 Å². The van der Waals surface area contributed by atoms with Crippen LogP contribution in [0.1, 0.15) is 136 Å².